The van der Waals surface area contributed by atoms with Crippen LogP contribution in [0.4, 0.5) is 0 Å². The first-order valence-electron chi connectivity index (χ1n) is 5.34. The van der Waals surface area contributed by atoms with Crippen LogP contribution >= 0.6 is 15.9 Å². The Morgan fingerprint density at radius 1 is 1.41 bits per heavy atom. The molecule has 0 saturated heterocycles. The van der Waals surface area contributed by atoms with Gasteiger partial charge in [-0.2, -0.15) is 0 Å². The van der Waals surface area contributed by atoms with Crippen molar-refractivity contribution in [2.75, 3.05) is 6.54 Å². The molecule has 0 radical (unpaired) electrons. The molecule has 0 aliphatic carbocycles. The minimum atomic E-state index is -0.349. The van der Waals surface area contributed by atoms with Crippen LogP contribution in [-0.4, -0.2) is 18.4 Å². The molecule has 0 aliphatic rings. The zero-order valence-electron chi connectivity index (χ0n) is 9.63. The maximum Gasteiger partial charge on any atom is 0.251 e. The summed E-state index contributed by atoms with van der Waals surface area (Å²) in [5, 5.41) is 2.75. The average molecular weight is 299 g/mol. The maximum atomic E-state index is 11.8. The molecule has 0 spiro atoms. The Balaban J connectivity index is 2.53. The number of benzene rings is 1. The predicted molar refractivity (Wildman–Crippen MR) is 69.6 cm³/mol. The van der Waals surface area contributed by atoms with Crippen LogP contribution in [0, 0.1) is 6.92 Å². The largest absolute Gasteiger partial charge is 0.370 e. The van der Waals surface area contributed by atoms with Crippen LogP contribution in [-0.2, 0) is 4.79 Å². The van der Waals surface area contributed by atoms with Gasteiger partial charge in [0.2, 0.25) is 5.91 Å². The number of amides is 2. The number of hydrogen-bond donors (Lipinski definition) is 2. The zero-order chi connectivity index (χ0) is 12.8. The number of carbonyl (C=O) groups is 2. The van der Waals surface area contributed by atoms with Crippen LogP contribution in [0.15, 0.2) is 22.7 Å². The minimum absolute atomic E-state index is 0.131. The molecule has 0 aliphatic heterocycles. The molecule has 1 aromatic rings. The van der Waals surface area contributed by atoms with Gasteiger partial charge >= 0.3 is 0 Å². The van der Waals surface area contributed by atoms with Crippen molar-refractivity contribution in [3.05, 3.63) is 33.8 Å². The summed E-state index contributed by atoms with van der Waals surface area (Å²) < 4.78 is 0.905. The monoisotopic (exact) mass is 298 g/mol. The molecule has 0 aromatic heterocycles. The molecule has 92 valence electrons. The van der Waals surface area contributed by atoms with Crippen molar-refractivity contribution in [2.45, 2.75) is 19.8 Å². The van der Waals surface area contributed by atoms with E-state index in [-0.39, 0.29) is 18.2 Å². The second-order valence-electron chi connectivity index (χ2n) is 3.74. The molecule has 1 rings (SSSR count). The fourth-order valence-corrected chi connectivity index (χ4v) is 1.78. The summed E-state index contributed by atoms with van der Waals surface area (Å²) in [7, 11) is 0. The van der Waals surface area contributed by atoms with Gasteiger partial charge in [-0.1, -0.05) is 22.0 Å². The second kappa shape index (κ2) is 6.39. The number of rotatable bonds is 5. The standard InChI is InChI=1S/C12H15BrN2O2/c1-8-9(4-2-5-10(8)13)12(17)15-7-3-6-11(14)16/h2,4-5H,3,6-7H2,1H3,(H2,14,16)(H,15,17). The van der Waals surface area contributed by atoms with Crippen LogP contribution in [0.25, 0.3) is 0 Å². The summed E-state index contributed by atoms with van der Waals surface area (Å²) in [5.41, 5.74) is 6.55. The van der Waals surface area contributed by atoms with Crippen molar-refractivity contribution in [3.8, 4) is 0 Å². The van der Waals surface area contributed by atoms with E-state index in [4.69, 9.17) is 5.73 Å². The van der Waals surface area contributed by atoms with Crippen molar-refractivity contribution in [3.63, 3.8) is 0 Å². The van der Waals surface area contributed by atoms with Crippen molar-refractivity contribution in [1.29, 1.82) is 0 Å². The molecular weight excluding hydrogens is 284 g/mol. The fourth-order valence-electron chi connectivity index (χ4n) is 1.41. The number of nitrogens with two attached hydrogens (primary N) is 1. The van der Waals surface area contributed by atoms with Gasteiger partial charge < -0.3 is 11.1 Å². The van der Waals surface area contributed by atoms with Crippen molar-refractivity contribution in [1.82, 2.24) is 5.32 Å². The van der Waals surface area contributed by atoms with Crippen LogP contribution in [0.5, 0.6) is 0 Å². The fraction of sp³-hybridized carbons (Fsp3) is 0.333. The Morgan fingerprint density at radius 3 is 2.76 bits per heavy atom. The van der Waals surface area contributed by atoms with Gasteiger partial charge in [0.05, 0.1) is 0 Å². The highest BCUT2D eigenvalue weighted by atomic mass is 79.9. The van der Waals surface area contributed by atoms with Gasteiger partial charge in [-0.15, -0.1) is 0 Å². The van der Waals surface area contributed by atoms with E-state index in [2.05, 4.69) is 21.2 Å². The average Bonchev–Trinajstić information content (AvgIpc) is 2.27. The SMILES string of the molecule is Cc1c(Br)cccc1C(=O)NCCCC(N)=O. The van der Waals surface area contributed by atoms with Crippen LogP contribution in [0.1, 0.15) is 28.8 Å². The molecule has 0 heterocycles. The molecule has 0 saturated carbocycles. The van der Waals surface area contributed by atoms with Gasteiger partial charge in [0.25, 0.3) is 5.91 Å². The number of hydrogen-bond acceptors (Lipinski definition) is 2. The van der Waals surface area contributed by atoms with E-state index in [1.165, 1.54) is 0 Å². The topological polar surface area (TPSA) is 72.2 Å². The summed E-state index contributed by atoms with van der Waals surface area (Å²) in [4.78, 5) is 22.3. The molecule has 0 bridgehead atoms. The first kappa shape index (κ1) is 13.7. The van der Waals surface area contributed by atoms with Gasteiger partial charge in [-0.25, -0.2) is 0 Å². The zero-order valence-corrected chi connectivity index (χ0v) is 11.2. The van der Waals surface area contributed by atoms with Crippen LogP contribution in [0.3, 0.4) is 0 Å². The summed E-state index contributed by atoms with van der Waals surface area (Å²) in [6, 6.07) is 5.47. The lowest BCUT2D eigenvalue weighted by atomic mass is 10.1. The molecule has 0 unspecified atom stereocenters. The van der Waals surface area contributed by atoms with Gasteiger partial charge in [-0.05, 0) is 31.0 Å². The Labute approximate surface area is 109 Å². The molecule has 5 heteroatoms. The van der Waals surface area contributed by atoms with E-state index < -0.39 is 0 Å². The lowest BCUT2D eigenvalue weighted by Gasteiger charge is -2.08. The maximum absolute atomic E-state index is 11.8. The summed E-state index contributed by atoms with van der Waals surface area (Å²) in [6.07, 6.45) is 0.853. The van der Waals surface area contributed by atoms with E-state index in [0.717, 1.165) is 10.0 Å². The Kier molecular flexibility index (Phi) is 5.15. The summed E-state index contributed by atoms with van der Waals surface area (Å²) >= 11 is 3.37. The smallest absolute Gasteiger partial charge is 0.251 e. The molecule has 0 atom stereocenters. The van der Waals surface area contributed by atoms with E-state index >= 15 is 0 Å². The normalized spacial score (nSPS) is 10.0. The lowest BCUT2D eigenvalue weighted by molar-refractivity contribution is -0.118. The third kappa shape index (κ3) is 4.19. The Morgan fingerprint density at radius 2 is 2.12 bits per heavy atom. The van der Waals surface area contributed by atoms with Gasteiger partial charge in [0.1, 0.15) is 0 Å². The molecule has 1 aromatic carbocycles. The molecule has 4 nitrogen and oxygen atoms in total. The minimum Gasteiger partial charge on any atom is -0.370 e. The van der Waals surface area contributed by atoms with Gasteiger partial charge in [0, 0.05) is 23.0 Å². The van der Waals surface area contributed by atoms with Crippen LogP contribution in [0.2, 0.25) is 0 Å². The highest BCUT2D eigenvalue weighted by molar-refractivity contribution is 9.10. The third-order valence-corrected chi connectivity index (χ3v) is 3.26. The molecular formula is C12H15BrN2O2. The van der Waals surface area contributed by atoms with E-state index in [1.54, 1.807) is 6.07 Å². The Bertz CT molecular complexity index is 433. The van der Waals surface area contributed by atoms with Crippen molar-refractivity contribution < 1.29 is 9.59 Å². The predicted octanol–water partition coefficient (Wildman–Crippen LogP) is 1.75. The highest BCUT2D eigenvalue weighted by Gasteiger charge is 2.09. The molecule has 17 heavy (non-hydrogen) atoms. The van der Waals surface area contributed by atoms with E-state index in [0.29, 0.717) is 18.5 Å². The quantitative estimate of drug-likeness (QED) is 0.813. The number of carbonyl (C=O) groups excluding carboxylic acids is 2. The van der Waals surface area contributed by atoms with E-state index in [1.807, 2.05) is 19.1 Å². The molecule has 2 amide bonds. The lowest BCUT2D eigenvalue weighted by Crippen LogP contribution is -2.26. The third-order valence-electron chi connectivity index (χ3n) is 2.40. The number of primary amides is 1. The highest BCUT2D eigenvalue weighted by Crippen LogP contribution is 2.19. The summed E-state index contributed by atoms with van der Waals surface area (Å²) in [6.45, 7) is 2.33. The van der Waals surface area contributed by atoms with Gasteiger partial charge in [-0.3, -0.25) is 9.59 Å². The Hall–Kier alpha value is -1.36. The number of nitrogens with one attached hydrogen (secondary N) is 1. The number of halogens is 1. The van der Waals surface area contributed by atoms with E-state index in [9.17, 15) is 9.59 Å². The van der Waals surface area contributed by atoms with Crippen molar-refractivity contribution >= 4 is 27.7 Å². The summed E-state index contributed by atoms with van der Waals surface area (Å²) in [5.74, 6) is -0.480. The first-order valence-corrected chi connectivity index (χ1v) is 6.13. The molecule has 3 N–H and O–H groups in total. The van der Waals surface area contributed by atoms with Crippen molar-refractivity contribution in [2.24, 2.45) is 5.73 Å². The second-order valence-corrected chi connectivity index (χ2v) is 4.59. The molecule has 0 fully saturated rings. The first-order chi connectivity index (χ1) is 8.02. The van der Waals surface area contributed by atoms with Gasteiger partial charge in [0.15, 0.2) is 0 Å². The van der Waals surface area contributed by atoms with Crippen LogP contribution < -0.4 is 11.1 Å².